The molecule has 166 valence electrons. The molecular weight excluding hydrogens is 406 g/mol. The lowest BCUT2D eigenvalue weighted by Gasteiger charge is -2.41. The van der Waals surface area contributed by atoms with Gasteiger partial charge in [0, 0.05) is 18.0 Å². The summed E-state index contributed by atoms with van der Waals surface area (Å²) in [6.07, 6.45) is 3.30. The highest BCUT2D eigenvalue weighted by molar-refractivity contribution is 7.09. The number of carbonyl (C=O) groups excluding carboxylic acids is 2. The smallest absolute Gasteiger partial charge is 0.323 e. The van der Waals surface area contributed by atoms with E-state index in [1.54, 1.807) is 11.3 Å². The van der Waals surface area contributed by atoms with Crippen LogP contribution in [0.4, 0.5) is 4.79 Å². The molecule has 0 radical (unpaired) electrons. The first-order valence-electron chi connectivity index (χ1n) is 11.4. The van der Waals surface area contributed by atoms with E-state index in [4.69, 9.17) is 0 Å². The molecule has 0 aliphatic carbocycles. The summed E-state index contributed by atoms with van der Waals surface area (Å²) >= 11 is 1.67. The van der Waals surface area contributed by atoms with E-state index in [0.29, 0.717) is 18.9 Å². The third kappa shape index (κ3) is 4.85. The number of benzene rings is 1. The normalized spacial score (nSPS) is 23.0. The second-order valence-corrected chi connectivity index (χ2v) is 10.4. The van der Waals surface area contributed by atoms with E-state index < -0.39 is 5.54 Å². The number of urea groups is 1. The molecule has 0 bridgehead atoms. The van der Waals surface area contributed by atoms with Crippen LogP contribution in [0.2, 0.25) is 0 Å². The van der Waals surface area contributed by atoms with Crippen molar-refractivity contribution in [1.82, 2.24) is 15.1 Å². The molecule has 3 heterocycles. The minimum absolute atomic E-state index is 0.00994. The Hall–Kier alpha value is -2.18. The van der Waals surface area contributed by atoms with E-state index in [2.05, 4.69) is 54.4 Å². The van der Waals surface area contributed by atoms with Crippen LogP contribution in [0, 0.1) is 11.8 Å². The summed E-state index contributed by atoms with van der Waals surface area (Å²) in [4.78, 5) is 31.7. The number of imide groups is 1. The summed E-state index contributed by atoms with van der Waals surface area (Å²) in [6, 6.07) is 14.4. The monoisotopic (exact) mass is 439 g/mol. The van der Waals surface area contributed by atoms with Crippen LogP contribution in [0.25, 0.3) is 0 Å². The minimum atomic E-state index is -0.750. The van der Waals surface area contributed by atoms with E-state index >= 15 is 0 Å². The Morgan fingerprint density at radius 1 is 1.10 bits per heavy atom. The maximum Gasteiger partial charge on any atom is 0.325 e. The molecule has 0 unspecified atom stereocenters. The van der Waals surface area contributed by atoms with Crippen LogP contribution in [0.3, 0.4) is 0 Å². The van der Waals surface area contributed by atoms with Crippen LogP contribution >= 0.6 is 11.3 Å². The zero-order valence-corrected chi connectivity index (χ0v) is 19.4. The number of nitrogens with one attached hydrogen (secondary N) is 1. The molecule has 2 saturated heterocycles. The predicted molar refractivity (Wildman–Crippen MR) is 125 cm³/mol. The van der Waals surface area contributed by atoms with Crippen molar-refractivity contribution in [1.29, 1.82) is 0 Å². The number of piperidine rings is 1. The van der Waals surface area contributed by atoms with E-state index in [1.165, 1.54) is 15.3 Å². The van der Waals surface area contributed by atoms with Gasteiger partial charge in [0.15, 0.2) is 0 Å². The highest BCUT2D eigenvalue weighted by atomic mass is 32.1. The number of hydrogen-bond acceptors (Lipinski definition) is 4. The quantitative estimate of drug-likeness (QED) is 0.615. The average molecular weight is 440 g/mol. The first-order valence-corrected chi connectivity index (χ1v) is 12.3. The molecule has 2 aliphatic rings. The second kappa shape index (κ2) is 9.53. The number of likely N-dealkylation sites (tertiary alicyclic amines) is 1. The number of nitrogens with zero attached hydrogens (tertiary/aromatic N) is 2. The number of amides is 3. The van der Waals surface area contributed by atoms with Crippen LogP contribution in [0.5, 0.6) is 0 Å². The van der Waals surface area contributed by atoms with Gasteiger partial charge < -0.3 is 5.32 Å². The zero-order valence-electron chi connectivity index (χ0n) is 18.5. The van der Waals surface area contributed by atoms with Crippen LogP contribution in [0.15, 0.2) is 47.8 Å². The molecule has 2 aliphatic heterocycles. The average Bonchev–Trinajstić information content (AvgIpc) is 3.35. The van der Waals surface area contributed by atoms with E-state index in [9.17, 15) is 9.59 Å². The van der Waals surface area contributed by atoms with Crippen LogP contribution in [0.1, 0.15) is 43.6 Å². The van der Waals surface area contributed by atoms with Gasteiger partial charge >= 0.3 is 6.03 Å². The van der Waals surface area contributed by atoms with Gasteiger partial charge in [0.25, 0.3) is 5.91 Å². The summed E-state index contributed by atoms with van der Waals surface area (Å²) in [6.45, 7) is 7.59. The van der Waals surface area contributed by atoms with Gasteiger partial charge in [0.2, 0.25) is 0 Å². The fraction of sp³-hybridized carbons (Fsp3) is 0.520. The fourth-order valence-electron chi connectivity index (χ4n) is 5.18. The van der Waals surface area contributed by atoms with Gasteiger partial charge in [-0.1, -0.05) is 50.2 Å². The standard InChI is InChI=1S/C25H33N3O2S/c1-19(2)17-25(21-10-13-27(14-11-21)18-20-7-4-3-5-8-20)23(29)28(24(30)26-25)15-12-22-9-6-16-31-22/h3-9,16,19,21H,10-15,17-18H2,1-2H3,(H,26,30)/t25-/m0/s1. The molecule has 3 amide bonds. The molecule has 1 aromatic carbocycles. The van der Waals surface area contributed by atoms with Crippen molar-refractivity contribution in [2.45, 2.75) is 51.6 Å². The number of rotatable bonds is 8. The second-order valence-electron chi connectivity index (χ2n) is 9.32. The predicted octanol–water partition coefficient (Wildman–Crippen LogP) is 4.54. The largest absolute Gasteiger partial charge is 0.325 e. The third-order valence-electron chi connectivity index (χ3n) is 6.63. The number of thiophene rings is 1. The summed E-state index contributed by atoms with van der Waals surface area (Å²) in [5.41, 5.74) is 0.572. The molecule has 5 nitrogen and oxygen atoms in total. The zero-order chi connectivity index (χ0) is 21.8. The molecular formula is C25H33N3O2S. The molecule has 1 atom stereocenters. The van der Waals surface area contributed by atoms with Crippen molar-refractivity contribution in [3.8, 4) is 0 Å². The summed E-state index contributed by atoms with van der Waals surface area (Å²) < 4.78 is 0. The molecule has 1 N–H and O–H groups in total. The lowest BCUT2D eigenvalue weighted by atomic mass is 9.73. The Bertz CT molecular complexity index is 875. The summed E-state index contributed by atoms with van der Waals surface area (Å²) in [7, 11) is 0. The van der Waals surface area contributed by atoms with Crippen LogP contribution in [-0.2, 0) is 17.8 Å². The molecule has 2 aromatic rings. The highest BCUT2D eigenvalue weighted by Gasteiger charge is 2.55. The van der Waals surface area contributed by atoms with Crippen molar-refractivity contribution in [2.75, 3.05) is 19.6 Å². The van der Waals surface area contributed by atoms with Gasteiger partial charge in [0.05, 0.1) is 0 Å². The number of hydrogen-bond donors (Lipinski definition) is 1. The summed E-state index contributed by atoms with van der Waals surface area (Å²) in [5.74, 6) is 0.512. The van der Waals surface area contributed by atoms with E-state index in [-0.39, 0.29) is 17.9 Å². The molecule has 31 heavy (non-hydrogen) atoms. The van der Waals surface area contributed by atoms with E-state index in [1.807, 2.05) is 17.5 Å². The van der Waals surface area contributed by atoms with Crippen molar-refractivity contribution in [2.24, 2.45) is 11.8 Å². The van der Waals surface area contributed by atoms with Gasteiger partial charge in [0.1, 0.15) is 5.54 Å². The van der Waals surface area contributed by atoms with Gasteiger partial charge in [-0.2, -0.15) is 0 Å². The Morgan fingerprint density at radius 2 is 1.84 bits per heavy atom. The third-order valence-corrected chi connectivity index (χ3v) is 7.56. The van der Waals surface area contributed by atoms with Gasteiger partial charge in [-0.05, 0) is 67.6 Å². The maximum absolute atomic E-state index is 13.6. The van der Waals surface area contributed by atoms with Crippen molar-refractivity contribution < 1.29 is 9.59 Å². The highest BCUT2D eigenvalue weighted by Crippen LogP contribution is 2.38. The molecule has 6 heteroatoms. The molecule has 1 aromatic heterocycles. The summed E-state index contributed by atoms with van der Waals surface area (Å²) in [5, 5.41) is 5.22. The molecule has 2 fully saturated rings. The van der Waals surface area contributed by atoms with E-state index in [0.717, 1.165) is 38.9 Å². The lowest BCUT2D eigenvalue weighted by Crippen LogP contribution is -2.56. The maximum atomic E-state index is 13.6. The minimum Gasteiger partial charge on any atom is -0.323 e. The van der Waals surface area contributed by atoms with Crippen LogP contribution < -0.4 is 5.32 Å². The Balaban J connectivity index is 1.44. The first kappa shape index (κ1) is 22.0. The fourth-order valence-corrected chi connectivity index (χ4v) is 5.87. The van der Waals surface area contributed by atoms with Crippen molar-refractivity contribution in [3.63, 3.8) is 0 Å². The Labute approximate surface area is 189 Å². The lowest BCUT2D eigenvalue weighted by molar-refractivity contribution is -0.134. The van der Waals surface area contributed by atoms with Gasteiger partial charge in [-0.15, -0.1) is 11.3 Å². The first-order chi connectivity index (χ1) is 15.0. The Morgan fingerprint density at radius 3 is 2.48 bits per heavy atom. The van der Waals surface area contributed by atoms with Crippen molar-refractivity contribution >= 4 is 23.3 Å². The topological polar surface area (TPSA) is 52.7 Å². The molecule has 0 saturated carbocycles. The van der Waals surface area contributed by atoms with Gasteiger partial charge in [-0.25, -0.2) is 4.79 Å². The SMILES string of the molecule is CC(C)C[C@@]1(C2CCN(Cc3ccccc3)CC2)NC(=O)N(CCc2cccs2)C1=O. The Kier molecular flexibility index (Phi) is 6.77. The molecule has 4 rings (SSSR count). The van der Waals surface area contributed by atoms with Crippen LogP contribution in [-0.4, -0.2) is 46.9 Å². The van der Waals surface area contributed by atoms with Crippen molar-refractivity contribution in [3.05, 3.63) is 58.3 Å². The number of carbonyl (C=O) groups is 2. The molecule has 0 spiro atoms. The van der Waals surface area contributed by atoms with Gasteiger partial charge in [-0.3, -0.25) is 14.6 Å².